The van der Waals surface area contributed by atoms with Crippen LogP contribution >= 0.6 is 0 Å². The summed E-state index contributed by atoms with van der Waals surface area (Å²) < 4.78 is 5.52. The fourth-order valence-electron chi connectivity index (χ4n) is 5.08. The monoisotopic (exact) mass is 430 g/mol. The first-order valence-electron chi connectivity index (χ1n) is 10.8. The van der Waals surface area contributed by atoms with E-state index in [1.807, 2.05) is 0 Å². The molecule has 3 fully saturated rings. The molecular formula is C25H22N2O5. The average Bonchev–Trinajstić information content (AvgIpc) is 3.42. The third-order valence-corrected chi connectivity index (χ3v) is 6.60. The molecule has 1 N–H and O–H groups in total. The fraction of sp³-hybridized carbons (Fsp3) is 0.280. The first-order chi connectivity index (χ1) is 15.5. The Morgan fingerprint density at radius 3 is 2.44 bits per heavy atom. The number of ether oxygens (including phenoxy) is 1. The predicted molar refractivity (Wildman–Crippen MR) is 115 cm³/mol. The van der Waals surface area contributed by atoms with Crippen molar-refractivity contribution in [3.63, 3.8) is 0 Å². The van der Waals surface area contributed by atoms with Gasteiger partial charge in [0.2, 0.25) is 0 Å². The van der Waals surface area contributed by atoms with Gasteiger partial charge in [-0.3, -0.25) is 19.8 Å². The summed E-state index contributed by atoms with van der Waals surface area (Å²) in [6.45, 7) is 0. The molecule has 0 aromatic heterocycles. The molecule has 2 bridgehead atoms. The Kier molecular flexibility index (Phi) is 5.09. The van der Waals surface area contributed by atoms with Crippen LogP contribution in [0.1, 0.15) is 41.6 Å². The Hall–Kier alpha value is -3.74. The number of urea groups is 1. The average molecular weight is 430 g/mol. The quantitative estimate of drug-likeness (QED) is 0.347. The van der Waals surface area contributed by atoms with Gasteiger partial charge < -0.3 is 4.74 Å². The molecule has 3 aliphatic rings. The van der Waals surface area contributed by atoms with Gasteiger partial charge in [-0.1, -0.05) is 42.8 Å². The van der Waals surface area contributed by atoms with Crippen LogP contribution in [0.25, 0.3) is 6.08 Å². The van der Waals surface area contributed by atoms with E-state index in [2.05, 4.69) is 5.32 Å². The van der Waals surface area contributed by atoms with E-state index in [9.17, 15) is 19.2 Å². The molecule has 4 amide bonds. The molecule has 2 aromatic carbocycles. The number of barbiturate groups is 1. The predicted octanol–water partition coefficient (Wildman–Crippen LogP) is 3.56. The van der Waals surface area contributed by atoms with Gasteiger partial charge in [-0.25, -0.2) is 9.59 Å². The molecule has 162 valence electrons. The lowest BCUT2D eigenvalue weighted by Gasteiger charge is -2.35. The first kappa shape index (κ1) is 20.2. The van der Waals surface area contributed by atoms with Gasteiger partial charge in [-0.05, 0) is 55.4 Å². The number of rotatable bonds is 4. The van der Waals surface area contributed by atoms with Gasteiger partial charge in [0.25, 0.3) is 11.8 Å². The van der Waals surface area contributed by atoms with Gasteiger partial charge in [-0.15, -0.1) is 0 Å². The topological polar surface area (TPSA) is 92.8 Å². The van der Waals surface area contributed by atoms with Gasteiger partial charge in [0.15, 0.2) is 0 Å². The lowest BCUT2D eigenvalue weighted by Crippen LogP contribution is -2.58. The Labute approximate surface area is 185 Å². The van der Waals surface area contributed by atoms with Crippen molar-refractivity contribution in [3.05, 3.63) is 71.3 Å². The lowest BCUT2D eigenvalue weighted by molar-refractivity contribution is -0.132. The number of nitrogens with one attached hydrogen (secondary N) is 1. The first-order valence-corrected chi connectivity index (χ1v) is 10.8. The van der Waals surface area contributed by atoms with Gasteiger partial charge in [-0.2, -0.15) is 0 Å². The maximum absolute atomic E-state index is 13.2. The lowest BCUT2D eigenvalue weighted by atomic mass is 9.93. The van der Waals surface area contributed by atoms with E-state index in [4.69, 9.17) is 4.74 Å². The van der Waals surface area contributed by atoms with Gasteiger partial charge in [0, 0.05) is 11.6 Å². The van der Waals surface area contributed by atoms with Crippen LogP contribution in [0.2, 0.25) is 0 Å². The molecule has 2 saturated carbocycles. The number of imide groups is 2. The number of benzene rings is 2. The van der Waals surface area contributed by atoms with Crippen LogP contribution in [0, 0.1) is 11.8 Å². The highest BCUT2D eigenvalue weighted by Crippen LogP contribution is 2.47. The van der Waals surface area contributed by atoms with E-state index >= 15 is 0 Å². The van der Waals surface area contributed by atoms with Crippen LogP contribution in [0.3, 0.4) is 0 Å². The molecule has 0 unspecified atom stereocenters. The number of esters is 1. The van der Waals surface area contributed by atoms with Crippen molar-refractivity contribution >= 4 is 29.9 Å². The summed E-state index contributed by atoms with van der Waals surface area (Å²) in [6, 6.07) is 14.4. The normalized spacial score (nSPS) is 25.9. The minimum absolute atomic E-state index is 0.143. The van der Waals surface area contributed by atoms with Crippen molar-refractivity contribution in [3.8, 4) is 5.75 Å². The number of para-hydroxylation sites is 1. The second-order valence-electron chi connectivity index (χ2n) is 8.53. The number of hydrogen-bond donors (Lipinski definition) is 1. The third-order valence-electron chi connectivity index (χ3n) is 6.60. The van der Waals surface area contributed by atoms with Crippen LogP contribution in [-0.2, 0) is 9.59 Å². The van der Waals surface area contributed by atoms with Crippen LogP contribution in [0.5, 0.6) is 5.75 Å². The molecule has 1 aliphatic heterocycles. The van der Waals surface area contributed by atoms with E-state index in [0.717, 1.165) is 25.7 Å². The maximum atomic E-state index is 13.2. The number of carbonyl (C=O) groups is 4. The van der Waals surface area contributed by atoms with E-state index in [1.165, 1.54) is 11.0 Å². The SMILES string of the molecule is O=C1NC(=O)N([C@H]2C[C@H]3CC[C@H]2C3)C(=O)/C1=C\c1ccccc1OC(=O)c1ccccc1. The van der Waals surface area contributed by atoms with Gasteiger partial charge in [0.1, 0.15) is 11.3 Å². The van der Waals surface area contributed by atoms with Crippen molar-refractivity contribution in [2.75, 3.05) is 0 Å². The minimum atomic E-state index is -0.747. The van der Waals surface area contributed by atoms with Crippen LogP contribution in [0.15, 0.2) is 60.2 Å². The molecule has 32 heavy (non-hydrogen) atoms. The molecule has 0 radical (unpaired) electrons. The zero-order valence-electron chi connectivity index (χ0n) is 17.3. The molecule has 1 saturated heterocycles. The van der Waals surface area contributed by atoms with Crippen LogP contribution in [-0.4, -0.2) is 34.8 Å². The summed E-state index contributed by atoms with van der Waals surface area (Å²) >= 11 is 0. The van der Waals surface area contributed by atoms with Crippen molar-refractivity contribution in [2.24, 2.45) is 11.8 Å². The van der Waals surface area contributed by atoms with Crippen molar-refractivity contribution in [2.45, 2.75) is 31.7 Å². The Morgan fingerprint density at radius 1 is 0.969 bits per heavy atom. The summed E-state index contributed by atoms with van der Waals surface area (Å²) in [7, 11) is 0. The van der Waals surface area contributed by atoms with Crippen molar-refractivity contribution in [1.29, 1.82) is 0 Å². The largest absolute Gasteiger partial charge is 0.422 e. The number of carbonyl (C=O) groups excluding carboxylic acids is 4. The number of hydrogen-bond acceptors (Lipinski definition) is 5. The van der Waals surface area contributed by atoms with Gasteiger partial charge >= 0.3 is 12.0 Å². The van der Waals surface area contributed by atoms with Crippen molar-refractivity contribution < 1.29 is 23.9 Å². The maximum Gasteiger partial charge on any atom is 0.343 e. The Balaban J connectivity index is 1.44. The fourth-order valence-corrected chi connectivity index (χ4v) is 5.08. The Morgan fingerprint density at radius 2 is 1.72 bits per heavy atom. The van der Waals surface area contributed by atoms with E-state index < -0.39 is 23.8 Å². The van der Waals surface area contributed by atoms with Gasteiger partial charge in [0.05, 0.1) is 5.56 Å². The summed E-state index contributed by atoms with van der Waals surface area (Å²) in [5, 5.41) is 2.30. The molecule has 0 spiro atoms. The van der Waals surface area contributed by atoms with Crippen LogP contribution < -0.4 is 10.1 Å². The number of fused-ring (bicyclic) bond motifs is 2. The highest BCUT2D eigenvalue weighted by molar-refractivity contribution is 6.31. The third kappa shape index (κ3) is 3.60. The van der Waals surface area contributed by atoms with E-state index in [1.54, 1.807) is 54.6 Å². The highest BCUT2D eigenvalue weighted by atomic mass is 16.5. The molecule has 5 rings (SSSR count). The van der Waals surface area contributed by atoms with E-state index in [-0.39, 0.29) is 17.4 Å². The molecule has 3 atom stereocenters. The van der Waals surface area contributed by atoms with Crippen LogP contribution in [0.4, 0.5) is 4.79 Å². The second kappa shape index (κ2) is 8.07. The standard InChI is InChI=1S/C25H22N2O5/c28-22-19(23(29)27(25(31)26-22)20-13-15-10-11-17(20)12-15)14-18-8-4-5-9-21(18)32-24(30)16-6-2-1-3-7-16/h1-9,14-15,17,20H,10-13H2,(H,26,28,31)/b19-14-/t15-,17-,20-/m0/s1. The molecule has 2 aliphatic carbocycles. The number of amides is 4. The zero-order chi connectivity index (χ0) is 22.2. The summed E-state index contributed by atoms with van der Waals surface area (Å²) in [5.41, 5.74) is 0.641. The summed E-state index contributed by atoms with van der Waals surface area (Å²) in [4.78, 5) is 52.0. The highest BCUT2D eigenvalue weighted by Gasteiger charge is 2.49. The van der Waals surface area contributed by atoms with Crippen molar-refractivity contribution in [1.82, 2.24) is 10.2 Å². The molecule has 7 heteroatoms. The number of nitrogens with zero attached hydrogens (tertiary/aromatic N) is 1. The Bertz CT molecular complexity index is 1140. The molecule has 2 aromatic rings. The summed E-state index contributed by atoms with van der Waals surface area (Å²) in [6.07, 6.45) is 5.33. The minimum Gasteiger partial charge on any atom is -0.422 e. The zero-order valence-corrected chi connectivity index (χ0v) is 17.3. The second-order valence-corrected chi connectivity index (χ2v) is 8.53. The summed E-state index contributed by atoms with van der Waals surface area (Å²) in [5.74, 6) is -0.839. The molecule has 1 heterocycles. The molecule has 7 nitrogen and oxygen atoms in total. The molecular weight excluding hydrogens is 408 g/mol. The van der Waals surface area contributed by atoms with E-state index in [0.29, 0.717) is 23.0 Å². The smallest absolute Gasteiger partial charge is 0.343 e.